The molecule has 1 aliphatic heterocycles. The first kappa shape index (κ1) is 12.6. The molecule has 1 unspecified atom stereocenters. The molecule has 1 aliphatic rings. The van der Waals surface area contributed by atoms with Gasteiger partial charge in [-0.25, -0.2) is 4.98 Å². The number of thiazole rings is 1. The van der Waals surface area contributed by atoms with Crippen LogP contribution in [0.15, 0.2) is 17.8 Å². The van der Waals surface area contributed by atoms with Gasteiger partial charge in [-0.1, -0.05) is 0 Å². The molecule has 19 heavy (non-hydrogen) atoms. The van der Waals surface area contributed by atoms with E-state index < -0.39 is 0 Å². The summed E-state index contributed by atoms with van der Waals surface area (Å²) >= 11 is 1.68. The van der Waals surface area contributed by atoms with Crippen molar-refractivity contribution in [2.75, 3.05) is 11.9 Å². The highest BCUT2D eigenvalue weighted by Gasteiger charge is 2.16. The fourth-order valence-electron chi connectivity index (χ4n) is 2.21. The highest BCUT2D eigenvalue weighted by Crippen LogP contribution is 2.16. The Morgan fingerprint density at radius 2 is 2.53 bits per heavy atom. The number of nitrogens with one attached hydrogen (secondary N) is 1. The minimum atomic E-state index is 0.328. The Morgan fingerprint density at radius 3 is 3.26 bits per heavy atom. The van der Waals surface area contributed by atoms with Crippen LogP contribution < -0.4 is 5.32 Å². The Bertz CT molecular complexity index is 530. The normalized spacial score (nSPS) is 18.9. The van der Waals surface area contributed by atoms with Crippen LogP contribution in [0.25, 0.3) is 0 Å². The van der Waals surface area contributed by atoms with Gasteiger partial charge in [0.15, 0.2) is 0 Å². The van der Waals surface area contributed by atoms with E-state index in [1.54, 1.807) is 11.3 Å². The summed E-state index contributed by atoms with van der Waals surface area (Å²) in [7, 11) is 0. The number of aryl methyl sites for hydroxylation is 1. The van der Waals surface area contributed by atoms with Crippen molar-refractivity contribution in [1.29, 1.82) is 0 Å². The third kappa shape index (κ3) is 3.33. The molecule has 0 aromatic carbocycles. The van der Waals surface area contributed by atoms with E-state index in [0.717, 1.165) is 42.5 Å². The van der Waals surface area contributed by atoms with Gasteiger partial charge in [0.1, 0.15) is 5.01 Å². The van der Waals surface area contributed by atoms with Gasteiger partial charge < -0.3 is 10.1 Å². The first-order valence-corrected chi connectivity index (χ1v) is 7.46. The molecule has 0 bridgehead atoms. The molecule has 5 nitrogen and oxygen atoms in total. The summed E-state index contributed by atoms with van der Waals surface area (Å²) in [5, 5.41) is 10.9. The number of aromatic nitrogens is 3. The van der Waals surface area contributed by atoms with Crippen LogP contribution in [0, 0.1) is 6.92 Å². The molecule has 1 atom stereocenters. The van der Waals surface area contributed by atoms with Gasteiger partial charge in [-0.2, -0.15) is 5.10 Å². The molecule has 3 rings (SSSR count). The summed E-state index contributed by atoms with van der Waals surface area (Å²) in [6.45, 7) is 4.50. The molecule has 0 spiro atoms. The number of hydrogen-bond donors (Lipinski definition) is 1. The van der Waals surface area contributed by atoms with Gasteiger partial charge in [0.2, 0.25) is 0 Å². The lowest BCUT2D eigenvalue weighted by Crippen LogP contribution is -2.15. The lowest BCUT2D eigenvalue weighted by atomic mass is 10.2. The quantitative estimate of drug-likeness (QED) is 0.912. The maximum absolute atomic E-state index is 5.61. The van der Waals surface area contributed by atoms with Crippen molar-refractivity contribution < 1.29 is 4.74 Å². The SMILES string of the molecule is Cc1csc(CNc2cnn(CC3CCCO3)c2)n1. The predicted octanol–water partition coefficient (Wildman–Crippen LogP) is 2.44. The number of hydrogen-bond acceptors (Lipinski definition) is 5. The van der Waals surface area contributed by atoms with Crippen LogP contribution in [-0.2, 0) is 17.8 Å². The number of rotatable bonds is 5. The summed E-state index contributed by atoms with van der Waals surface area (Å²) < 4.78 is 7.56. The van der Waals surface area contributed by atoms with Crippen molar-refractivity contribution in [2.45, 2.75) is 39.0 Å². The molecule has 0 radical (unpaired) electrons. The second kappa shape index (κ2) is 5.71. The zero-order valence-corrected chi connectivity index (χ0v) is 11.8. The van der Waals surface area contributed by atoms with Crippen molar-refractivity contribution in [3.05, 3.63) is 28.5 Å². The molecule has 3 heterocycles. The van der Waals surface area contributed by atoms with Gasteiger partial charge in [0.05, 0.1) is 31.1 Å². The van der Waals surface area contributed by atoms with Gasteiger partial charge in [-0.05, 0) is 19.8 Å². The zero-order valence-electron chi connectivity index (χ0n) is 11.0. The maximum atomic E-state index is 5.61. The smallest absolute Gasteiger partial charge is 0.112 e. The van der Waals surface area contributed by atoms with E-state index in [-0.39, 0.29) is 0 Å². The number of ether oxygens (including phenoxy) is 1. The Hall–Kier alpha value is -1.40. The van der Waals surface area contributed by atoms with Crippen LogP contribution >= 0.6 is 11.3 Å². The summed E-state index contributed by atoms with van der Waals surface area (Å²) in [6, 6.07) is 0. The lowest BCUT2D eigenvalue weighted by molar-refractivity contribution is 0.0940. The van der Waals surface area contributed by atoms with Crippen LogP contribution in [-0.4, -0.2) is 27.5 Å². The van der Waals surface area contributed by atoms with Crippen LogP contribution in [0.3, 0.4) is 0 Å². The fourth-order valence-corrected chi connectivity index (χ4v) is 2.92. The Morgan fingerprint density at radius 1 is 1.58 bits per heavy atom. The van der Waals surface area contributed by atoms with Crippen molar-refractivity contribution in [3.63, 3.8) is 0 Å². The van der Waals surface area contributed by atoms with Crippen LogP contribution in [0.1, 0.15) is 23.5 Å². The van der Waals surface area contributed by atoms with E-state index >= 15 is 0 Å². The summed E-state index contributed by atoms with van der Waals surface area (Å²) in [5.74, 6) is 0. The zero-order chi connectivity index (χ0) is 13.1. The first-order valence-electron chi connectivity index (χ1n) is 6.58. The average molecular weight is 278 g/mol. The van der Waals surface area contributed by atoms with Crippen LogP contribution in [0.5, 0.6) is 0 Å². The second-order valence-electron chi connectivity index (χ2n) is 4.82. The second-order valence-corrected chi connectivity index (χ2v) is 5.76. The van der Waals surface area contributed by atoms with E-state index in [2.05, 4.69) is 20.8 Å². The van der Waals surface area contributed by atoms with E-state index in [4.69, 9.17) is 4.74 Å². The molecule has 1 N–H and O–H groups in total. The highest BCUT2D eigenvalue weighted by molar-refractivity contribution is 7.09. The third-order valence-corrected chi connectivity index (χ3v) is 4.12. The van der Waals surface area contributed by atoms with E-state index in [1.165, 1.54) is 6.42 Å². The van der Waals surface area contributed by atoms with E-state index in [1.807, 2.05) is 24.0 Å². The van der Waals surface area contributed by atoms with Gasteiger partial charge >= 0.3 is 0 Å². The molecule has 0 amide bonds. The molecular weight excluding hydrogens is 260 g/mol. The molecule has 0 aliphatic carbocycles. The van der Waals surface area contributed by atoms with Crippen molar-refractivity contribution >= 4 is 17.0 Å². The van der Waals surface area contributed by atoms with Crippen molar-refractivity contribution in [2.24, 2.45) is 0 Å². The third-order valence-electron chi connectivity index (χ3n) is 3.16. The summed E-state index contributed by atoms with van der Waals surface area (Å²) in [4.78, 5) is 4.42. The number of anilines is 1. The van der Waals surface area contributed by atoms with Crippen LogP contribution in [0.4, 0.5) is 5.69 Å². The molecule has 102 valence electrons. The lowest BCUT2D eigenvalue weighted by Gasteiger charge is -2.08. The molecule has 6 heteroatoms. The minimum Gasteiger partial charge on any atom is -0.376 e. The molecule has 1 saturated heterocycles. The van der Waals surface area contributed by atoms with Gasteiger partial charge in [-0.3, -0.25) is 4.68 Å². The largest absolute Gasteiger partial charge is 0.376 e. The Labute approximate surface area is 116 Å². The number of nitrogens with zero attached hydrogens (tertiary/aromatic N) is 3. The molecular formula is C13H18N4OS. The summed E-state index contributed by atoms with van der Waals surface area (Å²) in [5.41, 5.74) is 2.11. The van der Waals surface area contributed by atoms with Crippen molar-refractivity contribution in [3.8, 4) is 0 Å². The van der Waals surface area contributed by atoms with E-state index in [9.17, 15) is 0 Å². The molecule has 1 fully saturated rings. The summed E-state index contributed by atoms with van der Waals surface area (Å²) in [6.07, 6.45) is 6.52. The molecule has 2 aromatic heterocycles. The minimum absolute atomic E-state index is 0.328. The molecule has 0 saturated carbocycles. The van der Waals surface area contributed by atoms with Crippen LogP contribution in [0.2, 0.25) is 0 Å². The first-order chi connectivity index (χ1) is 9.29. The van der Waals surface area contributed by atoms with E-state index in [0.29, 0.717) is 6.10 Å². The highest BCUT2D eigenvalue weighted by atomic mass is 32.1. The van der Waals surface area contributed by atoms with Gasteiger partial charge in [-0.15, -0.1) is 11.3 Å². The average Bonchev–Trinajstić information content (AvgIpc) is 3.10. The Kier molecular flexibility index (Phi) is 3.79. The van der Waals surface area contributed by atoms with Crippen molar-refractivity contribution in [1.82, 2.24) is 14.8 Å². The fraction of sp³-hybridized carbons (Fsp3) is 0.538. The van der Waals surface area contributed by atoms with Gasteiger partial charge in [0, 0.05) is 23.9 Å². The predicted molar refractivity (Wildman–Crippen MR) is 75.4 cm³/mol. The molecule has 2 aromatic rings. The topological polar surface area (TPSA) is 52.0 Å². The monoisotopic (exact) mass is 278 g/mol. The maximum Gasteiger partial charge on any atom is 0.112 e. The standard InChI is InChI=1S/C13H18N4OS/c1-10-9-19-13(16-10)6-14-11-5-15-17(7-11)8-12-3-2-4-18-12/h5,7,9,12,14H,2-4,6,8H2,1H3. The van der Waals surface area contributed by atoms with Gasteiger partial charge in [0.25, 0.3) is 0 Å². The Balaban J connectivity index is 1.52.